The van der Waals surface area contributed by atoms with Crippen LogP contribution in [0.4, 0.5) is 5.95 Å². The van der Waals surface area contributed by atoms with Crippen LogP contribution < -0.4 is 10.5 Å². The number of nitrogen functional groups attached to an aromatic ring is 1. The van der Waals surface area contributed by atoms with Crippen LogP contribution in [0.15, 0.2) is 6.33 Å². The molecule has 0 amide bonds. The number of imidazole rings is 1. The number of thioether (sulfide) groups is 1. The van der Waals surface area contributed by atoms with Gasteiger partial charge in [-0.25, -0.2) is 9.55 Å². The molecule has 16 heteroatoms. The number of hydrogen-bond acceptors (Lipinski definition) is 12. The number of aliphatic hydroxyl groups is 1. The summed E-state index contributed by atoms with van der Waals surface area (Å²) in [6.07, 6.45) is 1.21. The number of carbonyl (C=O) groups is 1. The van der Waals surface area contributed by atoms with E-state index >= 15 is 0 Å². The number of aliphatic hydroxyl groups excluding tert-OH is 1. The first-order valence-electron chi connectivity index (χ1n) is 11.2. The van der Waals surface area contributed by atoms with Crippen molar-refractivity contribution < 1.29 is 58.0 Å². The summed E-state index contributed by atoms with van der Waals surface area (Å²) in [5.41, 5.74) is 5.86. The Morgan fingerprint density at radius 2 is 2.11 bits per heavy atom. The monoisotopic (exact) mass is 726 g/mol. The van der Waals surface area contributed by atoms with Crippen LogP contribution in [0.5, 0.6) is 5.88 Å². The molecule has 0 aromatic carbocycles. The zero-order valence-corrected chi connectivity index (χ0v) is 24.6. The Hall–Kier alpha value is -1.15. The fraction of sp³-hybridized carbons (Fsp3) is 0.700. The molecule has 13 nitrogen and oxygen atoms in total. The van der Waals surface area contributed by atoms with Gasteiger partial charge in [0.15, 0.2) is 16.3 Å². The maximum Gasteiger partial charge on any atom is 0.472 e. The molecule has 1 saturated heterocycles. The molecule has 1 aliphatic heterocycles. The summed E-state index contributed by atoms with van der Waals surface area (Å²) in [5.74, 6) is 0.505. The molecule has 1 aliphatic rings. The Morgan fingerprint density at radius 1 is 1.39 bits per heavy atom. The molecule has 3 heterocycles. The number of fused-ring (bicyclic) bond motifs is 1. The van der Waals surface area contributed by atoms with Crippen molar-refractivity contribution >= 4 is 41.8 Å². The maximum absolute atomic E-state index is 12.2. The molecule has 4 N–H and O–H groups in total. The van der Waals surface area contributed by atoms with Gasteiger partial charge >= 0.3 is 7.82 Å². The minimum atomic E-state index is -4.34. The summed E-state index contributed by atoms with van der Waals surface area (Å²) in [5, 5.41) is 8.98. The first kappa shape index (κ1) is 31.1. The van der Waals surface area contributed by atoms with Gasteiger partial charge < -0.3 is 25.2 Å². The topological polar surface area (TPSA) is 181 Å². The Labute approximate surface area is 226 Å². The first-order valence-corrected chi connectivity index (χ1v) is 13.6. The van der Waals surface area contributed by atoms with Gasteiger partial charge in [-0.05, 0) is 27.2 Å². The molecule has 2 aromatic heterocycles. The number of aromatic nitrogens is 4. The van der Waals surface area contributed by atoms with Gasteiger partial charge in [0.2, 0.25) is 11.8 Å². The Bertz CT molecular complexity index is 1090. The van der Waals surface area contributed by atoms with Crippen molar-refractivity contribution in [1.29, 1.82) is 0 Å². The van der Waals surface area contributed by atoms with Crippen LogP contribution in [-0.2, 0) is 43.2 Å². The predicted molar refractivity (Wildman–Crippen MR) is 129 cm³/mol. The third-order valence-corrected chi connectivity index (χ3v) is 7.53. The van der Waals surface area contributed by atoms with Gasteiger partial charge in [-0.2, -0.15) is 9.97 Å². The number of anilines is 1. The largest absolute Gasteiger partial charge is 0.476 e. The molecule has 205 valence electrons. The van der Waals surface area contributed by atoms with E-state index < -0.39 is 25.6 Å². The second-order valence-corrected chi connectivity index (χ2v) is 11.3. The van der Waals surface area contributed by atoms with Gasteiger partial charge in [-0.1, -0.05) is 18.7 Å². The van der Waals surface area contributed by atoms with E-state index in [2.05, 4.69) is 15.0 Å². The van der Waals surface area contributed by atoms with Crippen molar-refractivity contribution in [3.05, 3.63) is 6.33 Å². The molecule has 0 spiro atoms. The van der Waals surface area contributed by atoms with E-state index in [1.807, 2.05) is 13.8 Å². The summed E-state index contributed by atoms with van der Waals surface area (Å²) in [7, 11) is -4.34. The minimum absolute atomic E-state index is 0. The summed E-state index contributed by atoms with van der Waals surface area (Å²) >= 11 is 0.924. The molecule has 0 aliphatic carbocycles. The van der Waals surface area contributed by atoms with E-state index in [-0.39, 0.29) is 68.5 Å². The third kappa shape index (κ3) is 7.68. The minimum Gasteiger partial charge on any atom is -0.476 e. The van der Waals surface area contributed by atoms with Gasteiger partial charge in [0, 0.05) is 31.8 Å². The molecule has 4 atom stereocenters. The molecule has 2 aromatic rings. The van der Waals surface area contributed by atoms with Crippen molar-refractivity contribution in [2.24, 2.45) is 11.3 Å². The normalized spacial score (nSPS) is 21.8. The Kier molecular flexibility index (Phi) is 11.3. The smallest absolute Gasteiger partial charge is 0.472 e. The fourth-order valence-corrected chi connectivity index (χ4v) is 5.14. The number of ether oxygens (including phenoxy) is 2. The number of nitrogens with zero attached hydrogens (tertiary/aromatic N) is 4. The average molecular weight is 726 g/mol. The van der Waals surface area contributed by atoms with Crippen molar-refractivity contribution in [2.75, 3.05) is 37.9 Å². The summed E-state index contributed by atoms with van der Waals surface area (Å²) in [6.45, 7) is 6.82. The number of rotatable bonds is 12. The van der Waals surface area contributed by atoms with Crippen LogP contribution in [0.2, 0.25) is 0 Å². The number of phosphoric acid groups is 1. The van der Waals surface area contributed by atoms with Crippen LogP contribution >= 0.6 is 19.6 Å². The Morgan fingerprint density at radius 3 is 2.78 bits per heavy atom. The van der Waals surface area contributed by atoms with E-state index in [0.717, 1.165) is 11.8 Å². The molecule has 3 rings (SSSR count). The molecule has 1 radical (unpaired) electrons. The van der Waals surface area contributed by atoms with E-state index in [0.29, 0.717) is 24.2 Å². The molecular formula is C20H32IrN5O8PS. The van der Waals surface area contributed by atoms with Crippen molar-refractivity contribution in [2.45, 2.75) is 46.4 Å². The molecular weight excluding hydrogens is 694 g/mol. The van der Waals surface area contributed by atoms with Crippen molar-refractivity contribution in [1.82, 2.24) is 19.5 Å². The maximum atomic E-state index is 12.2. The van der Waals surface area contributed by atoms with Crippen LogP contribution in [0.25, 0.3) is 11.2 Å². The van der Waals surface area contributed by atoms with Crippen LogP contribution in [0, 0.1) is 11.3 Å². The Balaban J connectivity index is 0.00000456. The number of carbonyl (C=O) groups excluding carboxylic acids is 1. The summed E-state index contributed by atoms with van der Waals surface area (Å²) < 4.78 is 35.6. The molecule has 4 unspecified atom stereocenters. The van der Waals surface area contributed by atoms with Gasteiger partial charge in [0.1, 0.15) is 6.23 Å². The van der Waals surface area contributed by atoms with Gasteiger partial charge in [-0.15, -0.1) is 0 Å². The first-order chi connectivity index (χ1) is 16.5. The van der Waals surface area contributed by atoms with Crippen molar-refractivity contribution in [3.63, 3.8) is 0 Å². The zero-order chi connectivity index (χ0) is 25.8. The number of hydrogen-bond donors (Lipinski definition) is 3. The van der Waals surface area contributed by atoms with Crippen LogP contribution in [0.1, 0.15) is 40.3 Å². The second kappa shape index (κ2) is 13.1. The molecule has 0 bridgehead atoms. The van der Waals surface area contributed by atoms with Gasteiger partial charge in [-0.3, -0.25) is 18.4 Å². The standard InChI is InChI=1S/C20H32N5O8PS.Ir/c1-5-30-16-14-15(23-19(21)24-16)25(11-22-14)17-12(2)8-13(33-17)9-32-34(28,29)31-6-7-35-18(27)20(3,4)10-26;/h11-13,17,26H,5-10H2,1-4H3,(H,28,29)(H2,21,23,24);. The quantitative estimate of drug-likeness (QED) is 0.214. The van der Waals surface area contributed by atoms with Gasteiger partial charge in [0.25, 0.3) is 0 Å². The molecule has 1 fully saturated rings. The van der Waals surface area contributed by atoms with Crippen LogP contribution in [0.3, 0.4) is 0 Å². The van der Waals surface area contributed by atoms with E-state index in [1.54, 1.807) is 24.7 Å². The SMILES string of the molecule is CCOc1nc(N)nc2c1ncn2C1OC(COP(=O)(O)OCCSC(=O)C(C)(C)CO)CC1C.[Ir]. The number of nitrogens with two attached hydrogens (primary N) is 1. The summed E-state index contributed by atoms with van der Waals surface area (Å²) in [4.78, 5) is 34.6. The van der Waals surface area contributed by atoms with Crippen molar-refractivity contribution in [3.8, 4) is 5.88 Å². The predicted octanol–water partition coefficient (Wildman–Crippen LogP) is 2.14. The fourth-order valence-electron chi connectivity index (χ4n) is 3.46. The number of phosphoric ester groups is 1. The summed E-state index contributed by atoms with van der Waals surface area (Å²) in [6, 6.07) is 0. The average Bonchev–Trinajstić information content (AvgIpc) is 3.38. The molecule has 0 saturated carbocycles. The van der Waals surface area contributed by atoms with Gasteiger partial charge in [0.05, 0.1) is 44.3 Å². The molecule has 36 heavy (non-hydrogen) atoms. The van der Waals surface area contributed by atoms with E-state index in [9.17, 15) is 19.4 Å². The second-order valence-electron chi connectivity index (χ2n) is 8.78. The van der Waals surface area contributed by atoms with Crippen LogP contribution in [-0.4, -0.2) is 72.9 Å². The third-order valence-electron chi connectivity index (χ3n) is 5.36. The van der Waals surface area contributed by atoms with E-state index in [4.69, 9.17) is 24.3 Å². The zero-order valence-electron chi connectivity index (χ0n) is 20.5. The van der Waals surface area contributed by atoms with E-state index in [1.165, 1.54) is 0 Å².